The number of anilines is 1. The molecule has 0 aromatic heterocycles. The summed E-state index contributed by atoms with van der Waals surface area (Å²) in [7, 11) is 0. The average molecular weight is 461 g/mol. The van der Waals surface area contributed by atoms with Crippen LogP contribution < -0.4 is 20.1 Å². The Hall–Kier alpha value is -2.38. The maximum atomic E-state index is 13.0. The Bertz CT molecular complexity index is 978. The predicted molar refractivity (Wildman–Crippen MR) is 123 cm³/mol. The lowest BCUT2D eigenvalue weighted by Crippen LogP contribution is -2.44. The summed E-state index contributed by atoms with van der Waals surface area (Å²) in [5.41, 5.74) is 0.944. The van der Waals surface area contributed by atoms with E-state index in [1.807, 2.05) is 12.3 Å². The van der Waals surface area contributed by atoms with E-state index in [-0.39, 0.29) is 11.8 Å². The molecule has 0 radical (unpaired) electrons. The summed E-state index contributed by atoms with van der Waals surface area (Å²) < 4.78 is 12.1. The van der Waals surface area contributed by atoms with E-state index in [0.29, 0.717) is 34.2 Å². The topological polar surface area (TPSA) is 76.7 Å². The molecule has 1 heterocycles. The molecule has 2 aliphatic rings. The van der Waals surface area contributed by atoms with Gasteiger partial charge in [0.2, 0.25) is 5.91 Å². The van der Waals surface area contributed by atoms with Crippen LogP contribution in [0.5, 0.6) is 11.5 Å². The zero-order chi connectivity index (χ0) is 21.8. The third kappa shape index (κ3) is 4.93. The highest BCUT2D eigenvalue weighted by atomic mass is 35.5. The molecule has 2 aromatic rings. The fourth-order valence-corrected chi connectivity index (χ4v) is 4.60. The van der Waals surface area contributed by atoms with Gasteiger partial charge in [-0.3, -0.25) is 9.59 Å². The highest BCUT2D eigenvalue weighted by Gasteiger charge is 2.44. The molecule has 2 aromatic carbocycles. The van der Waals surface area contributed by atoms with Crippen molar-refractivity contribution in [3.63, 3.8) is 0 Å². The number of carbonyl (C=O) groups excluding carboxylic acids is 2. The van der Waals surface area contributed by atoms with Gasteiger partial charge in [0, 0.05) is 24.6 Å². The van der Waals surface area contributed by atoms with E-state index in [4.69, 9.17) is 21.1 Å². The van der Waals surface area contributed by atoms with E-state index >= 15 is 0 Å². The molecule has 1 aliphatic heterocycles. The molecular formula is C23H25ClN2O4S. The first kappa shape index (κ1) is 21.8. The smallest absolute Gasteiger partial charge is 0.253 e. The Kier molecular flexibility index (Phi) is 6.62. The molecule has 1 fully saturated rings. The van der Waals surface area contributed by atoms with Crippen LogP contribution in [0.3, 0.4) is 0 Å². The first-order valence-electron chi connectivity index (χ1n) is 10.4. The van der Waals surface area contributed by atoms with Crippen LogP contribution in [0.15, 0.2) is 42.5 Å². The number of benzene rings is 2. The van der Waals surface area contributed by atoms with Gasteiger partial charge in [0.25, 0.3) is 11.7 Å². The van der Waals surface area contributed by atoms with Crippen molar-refractivity contribution < 1.29 is 19.1 Å². The molecule has 0 saturated heterocycles. The number of nitrogens with one attached hydrogen (secondary N) is 2. The van der Waals surface area contributed by atoms with Gasteiger partial charge in [0.1, 0.15) is 6.04 Å². The van der Waals surface area contributed by atoms with Crippen molar-refractivity contribution in [2.45, 2.75) is 43.9 Å². The number of hydrogen-bond donors (Lipinski definition) is 2. The molecule has 1 unspecified atom stereocenters. The highest BCUT2D eigenvalue weighted by Crippen LogP contribution is 2.47. The van der Waals surface area contributed by atoms with Gasteiger partial charge in [-0.1, -0.05) is 23.7 Å². The molecule has 1 saturated carbocycles. The van der Waals surface area contributed by atoms with Gasteiger partial charge in [0.05, 0.1) is 10.6 Å². The number of ether oxygens (including phenoxy) is 2. The minimum atomic E-state index is -0.692. The van der Waals surface area contributed by atoms with Crippen molar-refractivity contribution in [1.29, 1.82) is 0 Å². The molecule has 31 heavy (non-hydrogen) atoms. The number of halogens is 1. The van der Waals surface area contributed by atoms with Crippen LogP contribution in [0, 0.1) is 0 Å². The Morgan fingerprint density at radius 2 is 1.87 bits per heavy atom. The van der Waals surface area contributed by atoms with Crippen molar-refractivity contribution >= 4 is 40.9 Å². The van der Waals surface area contributed by atoms with E-state index < -0.39 is 11.8 Å². The van der Waals surface area contributed by atoms with Crippen LogP contribution >= 0.6 is 23.4 Å². The van der Waals surface area contributed by atoms with E-state index in [1.165, 1.54) is 0 Å². The number of fused-ring (bicyclic) bond motifs is 1. The van der Waals surface area contributed by atoms with Gasteiger partial charge in [-0.05, 0) is 55.5 Å². The second kappa shape index (κ2) is 9.40. The SMILES string of the molecule is CSCCC(NC(=O)c1ccccc1Cl)C(=O)Nc1ccc2c(c1)OC1(CCCC1)O2. The van der Waals surface area contributed by atoms with Gasteiger partial charge in [-0.15, -0.1) is 0 Å². The molecule has 1 aliphatic carbocycles. The first-order chi connectivity index (χ1) is 15.0. The minimum Gasteiger partial charge on any atom is -0.448 e. The summed E-state index contributed by atoms with van der Waals surface area (Å²) in [4.78, 5) is 25.7. The molecule has 0 bridgehead atoms. The largest absolute Gasteiger partial charge is 0.448 e. The molecule has 1 spiro atoms. The minimum absolute atomic E-state index is 0.288. The van der Waals surface area contributed by atoms with Gasteiger partial charge < -0.3 is 20.1 Å². The van der Waals surface area contributed by atoms with Crippen LogP contribution in [0.4, 0.5) is 5.69 Å². The monoisotopic (exact) mass is 460 g/mol. The number of thioether (sulfide) groups is 1. The van der Waals surface area contributed by atoms with E-state index in [9.17, 15) is 9.59 Å². The lowest BCUT2D eigenvalue weighted by molar-refractivity contribution is -0.118. The summed E-state index contributed by atoms with van der Waals surface area (Å²) >= 11 is 7.74. The second-order valence-corrected chi connectivity index (χ2v) is 9.15. The first-order valence-corrected chi connectivity index (χ1v) is 12.1. The lowest BCUT2D eigenvalue weighted by atomic mass is 10.1. The fourth-order valence-electron chi connectivity index (χ4n) is 3.90. The van der Waals surface area contributed by atoms with Crippen LogP contribution in [-0.4, -0.2) is 35.7 Å². The van der Waals surface area contributed by atoms with Crippen LogP contribution in [-0.2, 0) is 4.79 Å². The maximum absolute atomic E-state index is 13.0. The summed E-state index contributed by atoms with van der Waals surface area (Å²) in [6, 6.07) is 11.5. The summed E-state index contributed by atoms with van der Waals surface area (Å²) in [6.07, 6.45) is 6.36. The molecule has 2 amide bonds. The Labute approximate surface area is 191 Å². The molecular weight excluding hydrogens is 436 g/mol. The third-order valence-electron chi connectivity index (χ3n) is 5.52. The summed E-state index contributed by atoms with van der Waals surface area (Å²) in [6.45, 7) is 0. The van der Waals surface area contributed by atoms with Crippen molar-refractivity contribution in [2.24, 2.45) is 0 Å². The number of hydrogen-bond acceptors (Lipinski definition) is 5. The zero-order valence-corrected chi connectivity index (χ0v) is 18.9. The molecule has 1 atom stereocenters. The summed E-state index contributed by atoms with van der Waals surface area (Å²) in [5.74, 6) is 0.857. The standard InChI is InChI=1S/C23H25ClN2O4S/c1-31-13-10-18(26-21(27)16-6-2-3-7-17(16)24)22(28)25-15-8-9-19-20(14-15)30-23(29-19)11-4-5-12-23/h2-3,6-9,14,18H,4-5,10-13H2,1H3,(H,25,28)(H,26,27). The van der Waals surface area contributed by atoms with Crippen molar-refractivity contribution in [2.75, 3.05) is 17.3 Å². The van der Waals surface area contributed by atoms with Gasteiger partial charge in [-0.2, -0.15) is 11.8 Å². The highest BCUT2D eigenvalue weighted by molar-refractivity contribution is 7.98. The molecule has 8 heteroatoms. The van der Waals surface area contributed by atoms with Gasteiger partial charge >= 0.3 is 0 Å². The maximum Gasteiger partial charge on any atom is 0.253 e. The Morgan fingerprint density at radius 1 is 1.13 bits per heavy atom. The van der Waals surface area contributed by atoms with Crippen molar-refractivity contribution in [3.8, 4) is 11.5 Å². The van der Waals surface area contributed by atoms with E-state index in [1.54, 1.807) is 48.2 Å². The molecule has 2 N–H and O–H groups in total. The number of carbonyl (C=O) groups is 2. The van der Waals surface area contributed by atoms with Gasteiger partial charge in [0.15, 0.2) is 11.5 Å². The quantitative estimate of drug-likeness (QED) is 0.616. The fraction of sp³-hybridized carbons (Fsp3) is 0.391. The summed E-state index contributed by atoms with van der Waals surface area (Å²) in [5, 5.41) is 6.06. The van der Waals surface area contributed by atoms with Crippen molar-refractivity contribution in [1.82, 2.24) is 5.32 Å². The normalized spacial score (nSPS) is 16.8. The Morgan fingerprint density at radius 3 is 2.61 bits per heavy atom. The second-order valence-electron chi connectivity index (χ2n) is 7.76. The lowest BCUT2D eigenvalue weighted by Gasteiger charge is -2.21. The van der Waals surface area contributed by atoms with Crippen LogP contribution in [0.2, 0.25) is 5.02 Å². The number of rotatable bonds is 7. The van der Waals surface area contributed by atoms with Crippen LogP contribution in [0.1, 0.15) is 42.5 Å². The van der Waals surface area contributed by atoms with Crippen LogP contribution in [0.25, 0.3) is 0 Å². The number of amides is 2. The molecule has 4 rings (SSSR count). The Balaban J connectivity index is 1.45. The molecule has 164 valence electrons. The van der Waals surface area contributed by atoms with Gasteiger partial charge in [-0.25, -0.2) is 0 Å². The predicted octanol–water partition coefficient (Wildman–Crippen LogP) is 4.87. The third-order valence-corrected chi connectivity index (χ3v) is 6.49. The average Bonchev–Trinajstić information content (AvgIpc) is 3.36. The van der Waals surface area contributed by atoms with E-state index in [2.05, 4.69) is 10.6 Å². The van der Waals surface area contributed by atoms with E-state index in [0.717, 1.165) is 31.4 Å². The van der Waals surface area contributed by atoms with Crippen molar-refractivity contribution in [3.05, 3.63) is 53.1 Å². The zero-order valence-electron chi connectivity index (χ0n) is 17.3. The molecule has 6 nitrogen and oxygen atoms in total.